The number of aryl methyl sites for hydroxylation is 2. The highest BCUT2D eigenvalue weighted by atomic mass is 16.5. The summed E-state index contributed by atoms with van der Waals surface area (Å²) in [5.74, 6) is 0. The zero-order valence-corrected chi connectivity index (χ0v) is 13.9. The molecule has 23 heavy (non-hydrogen) atoms. The van der Waals surface area contributed by atoms with E-state index in [0.29, 0.717) is 12.2 Å². The number of morpholine rings is 1. The van der Waals surface area contributed by atoms with Crippen molar-refractivity contribution < 1.29 is 4.74 Å². The predicted octanol–water partition coefficient (Wildman–Crippen LogP) is 2.48. The van der Waals surface area contributed by atoms with Gasteiger partial charge in [-0.3, -0.25) is 9.58 Å². The van der Waals surface area contributed by atoms with Gasteiger partial charge in [0, 0.05) is 31.4 Å². The van der Waals surface area contributed by atoms with Crippen LogP contribution in [0.2, 0.25) is 0 Å². The Morgan fingerprint density at radius 2 is 2.22 bits per heavy atom. The van der Waals surface area contributed by atoms with E-state index in [1.54, 1.807) is 0 Å². The first-order valence-electron chi connectivity index (χ1n) is 7.91. The number of aromatic nitrogens is 2. The lowest BCUT2D eigenvalue weighted by molar-refractivity contribution is -0.0132. The first-order valence-corrected chi connectivity index (χ1v) is 7.91. The molecule has 3 rings (SSSR count). The second-order valence-electron chi connectivity index (χ2n) is 6.08. The van der Waals surface area contributed by atoms with Gasteiger partial charge in [-0.1, -0.05) is 12.1 Å². The fraction of sp³-hybridized carbons (Fsp3) is 0.444. The smallest absolute Gasteiger partial charge is 0.0991 e. The van der Waals surface area contributed by atoms with E-state index >= 15 is 0 Å². The first-order chi connectivity index (χ1) is 11.1. The Labute approximate surface area is 137 Å². The summed E-state index contributed by atoms with van der Waals surface area (Å²) in [5, 5.41) is 13.6. The molecule has 1 fully saturated rings. The van der Waals surface area contributed by atoms with E-state index < -0.39 is 0 Å². The van der Waals surface area contributed by atoms with E-state index in [1.807, 2.05) is 29.9 Å². The Balaban J connectivity index is 1.88. The number of rotatable bonds is 3. The molecule has 0 bridgehead atoms. The minimum Gasteiger partial charge on any atom is -0.378 e. The summed E-state index contributed by atoms with van der Waals surface area (Å²) in [4.78, 5) is 2.43. The fourth-order valence-corrected chi connectivity index (χ4v) is 3.34. The van der Waals surface area contributed by atoms with Crippen molar-refractivity contribution in [2.24, 2.45) is 7.05 Å². The maximum Gasteiger partial charge on any atom is 0.0991 e. The average Bonchev–Trinajstić information content (AvgIpc) is 2.81. The molecule has 1 aliphatic heterocycles. The third-order valence-corrected chi connectivity index (χ3v) is 4.58. The van der Waals surface area contributed by atoms with E-state index in [-0.39, 0.29) is 6.04 Å². The molecule has 1 saturated heterocycles. The normalized spacial score (nSPS) is 18.8. The van der Waals surface area contributed by atoms with Crippen molar-refractivity contribution in [1.82, 2.24) is 14.7 Å². The molecular weight excluding hydrogens is 288 g/mol. The number of nitriles is 1. The van der Waals surface area contributed by atoms with Crippen molar-refractivity contribution in [3.8, 4) is 6.07 Å². The van der Waals surface area contributed by atoms with Crippen molar-refractivity contribution in [1.29, 1.82) is 5.26 Å². The number of benzene rings is 1. The highest BCUT2D eigenvalue weighted by Gasteiger charge is 2.29. The highest BCUT2D eigenvalue weighted by Crippen LogP contribution is 2.30. The van der Waals surface area contributed by atoms with E-state index in [2.05, 4.69) is 36.0 Å². The minimum atomic E-state index is 0.211. The maximum absolute atomic E-state index is 9.08. The summed E-state index contributed by atoms with van der Waals surface area (Å²) in [5.41, 5.74) is 5.39. The minimum absolute atomic E-state index is 0.211. The molecule has 1 aliphatic rings. The van der Waals surface area contributed by atoms with Gasteiger partial charge in [0.1, 0.15) is 0 Å². The van der Waals surface area contributed by atoms with Crippen molar-refractivity contribution in [2.45, 2.75) is 26.4 Å². The van der Waals surface area contributed by atoms with Gasteiger partial charge in [0.15, 0.2) is 0 Å². The van der Waals surface area contributed by atoms with Gasteiger partial charge in [0.25, 0.3) is 0 Å². The number of hydrogen-bond acceptors (Lipinski definition) is 4. The first kappa shape index (κ1) is 15.7. The summed E-state index contributed by atoms with van der Waals surface area (Å²) >= 11 is 0. The number of ether oxygens (including phenoxy) is 1. The second kappa shape index (κ2) is 6.53. The Hall–Kier alpha value is -2.16. The molecule has 5 nitrogen and oxygen atoms in total. The molecule has 0 saturated carbocycles. The second-order valence-corrected chi connectivity index (χ2v) is 6.08. The zero-order valence-electron chi connectivity index (χ0n) is 13.9. The van der Waals surface area contributed by atoms with Crippen LogP contribution in [0.4, 0.5) is 0 Å². The lowest BCUT2D eigenvalue weighted by Crippen LogP contribution is -2.39. The molecule has 0 spiro atoms. The van der Waals surface area contributed by atoms with Gasteiger partial charge in [-0.15, -0.1) is 0 Å². The molecule has 0 unspecified atom stereocenters. The van der Waals surface area contributed by atoms with Crippen LogP contribution in [-0.2, 0) is 18.3 Å². The van der Waals surface area contributed by atoms with Gasteiger partial charge >= 0.3 is 0 Å². The molecule has 0 aliphatic carbocycles. The van der Waals surface area contributed by atoms with E-state index in [9.17, 15) is 0 Å². The van der Waals surface area contributed by atoms with Crippen LogP contribution < -0.4 is 0 Å². The van der Waals surface area contributed by atoms with Crippen LogP contribution >= 0.6 is 0 Å². The van der Waals surface area contributed by atoms with Gasteiger partial charge in [-0.25, -0.2) is 0 Å². The van der Waals surface area contributed by atoms with Gasteiger partial charge < -0.3 is 4.74 Å². The van der Waals surface area contributed by atoms with Crippen LogP contribution in [0.25, 0.3) is 0 Å². The number of hydrogen-bond donors (Lipinski definition) is 0. The summed E-state index contributed by atoms with van der Waals surface area (Å²) in [6, 6.07) is 10.3. The predicted molar refractivity (Wildman–Crippen MR) is 87.8 cm³/mol. The summed E-state index contributed by atoms with van der Waals surface area (Å²) < 4.78 is 7.68. The molecule has 1 aromatic carbocycles. The topological polar surface area (TPSA) is 54.1 Å². The Morgan fingerprint density at radius 3 is 2.91 bits per heavy atom. The molecule has 1 aromatic heterocycles. The molecule has 0 radical (unpaired) electrons. The fourth-order valence-electron chi connectivity index (χ4n) is 3.34. The summed E-state index contributed by atoms with van der Waals surface area (Å²) in [6.07, 6.45) is 0. The SMILES string of the molecule is Cc1nn(C)c(C)c1[C@@H]1COCCN1Cc1cccc(C#N)c1. The van der Waals surface area contributed by atoms with Crippen LogP contribution in [-0.4, -0.2) is 34.4 Å². The van der Waals surface area contributed by atoms with Gasteiger partial charge in [0.05, 0.1) is 36.6 Å². The summed E-state index contributed by atoms with van der Waals surface area (Å²) in [6.45, 7) is 7.30. The standard InChI is InChI=1S/C18H22N4O/c1-13-18(14(2)21(3)20-13)17-12-23-8-7-22(17)11-16-6-4-5-15(9-16)10-19/h4-6,9,17H,7-8,11-12H2,1-3H3/t17-/m0/s1. The Bertz CT molecular complexity index is 744. The molecule has 2 aromatic rings. The molecule has 120 valence electrons. The lowest BCUT2D eigenvalue weighted by atomic mass is 10.0. The van der Waals surface area contributed by atoms with Crippen LogP contribution in [0.1, 0.15) is 34.1 Å². The van der Waals surface area contributed by atoms with Gasteiger partial charge in [-0.2, -0.15) is 10.4 Å². The number of nitrogens with zero attached hydrogens (tertiary/aromatic N) is 4. The van der Waals surface area contributed by atoms with Crippen LogP contribution in [0.3, 0.4) is 0 Å². The lowest BCUT2D eigenvalue weighted by Gasteiger charge is -2.36. The Kier molecular flexibility index (Phi) is 4.46. The van der Waals surface area contributed by atoms with Crippen molar-refractivity contribution in [2.75, 3.05) is 19.8 Å². The van der Waals surface area contributed by atoms with Crippen LogP contribution in [0.15, 0.2) is 24.3 Å². The molecule has 2 heterocycles. The third-order valence-electron chi connectivity index (χ3n) is 4.58. The maximum atomic E-state index is 9.08. The highest BCUT2D eigenvalue weighted by molar-refractivity contribution is 5.33. The van der Waals surface area contributed by atoms with E-state index in [4.69, 9.17) is 10.00 Å². The molecular formula is C18H22N4O. The van der Waals surface area contributed by atoms with E-state index in [0.717, 1.165) is 31.0 Å². The van der Waals surface area contributed by atoms with Crippen molar-refractivity contribution >= 4 is 0 Å². The average molecular weight is 310 g/mol. The quantitative estimate of drug-likeness (QED) is 0.874. The Morgan fingerprint density at radius 1 is 1.39 bits per heavy atom. The van der Waals surface area contributed by atoms with Gasteiger partial charge in [-0.05, 0) is 31.5 Å². The van der Waals surface area contributed by atoms with Crippen LogP contribution in [0, 0.1) is 25.2 Å². The largest absolute Gasteiger partial charge is 0.378 e. The van der Waals surface area contributed by atoms with E-state index in [1.165, 1.54) is 11.3 Å². The molecule has 0 amide bonds. The van der Waals surface area contributed by atoms with Crippen LogP contribution in [0.5, 0.6) is 0 Å². The monoisotopic (exact) mass is 310 g/mol. The molecule has 1 atom stereocenters. The molecule has 5 heteroatoms. The summed E-state index contributed by atoms with van der Waals surface area (Å²) in [7, 11) is 1.98. The zero-order chi connectivity index (χ0) is 16.4. The van der Waals surface area contributed by atoms with Crippen molar-refractivity contribution in [3.05, 3.63) is 52.3 Å². The third kappa shape index (κ3) is 3.14. The van der Waals surface area contributed by atoms with Gasteiger partial charge in [0.2, 0.25) is 0 Å². The molecule has 0 N–H and O–H groups in total. The van der Waals surface area contributed by atoms with Crippen molar-refractivity contribution in [3.63, 3.8) is 0 Å².